The first-order valence-electron chi connectivity index (χ1n) is 6.99. The van der Waals surface area contributed by atoms with E-state index in [2.05, 4.69) is 4.72 Å². The molecule has 6 heteroatoms. The number of benzene rings is 1. The predicted molar refractivity (Wildman–Crippen MR) is 82.9 cm³/mol. The van der Waals surface area contributed by atoms with Crippen molar-refractivity contribution in [3.63, 3.8) is 0 Å². The van der Waals surface area contributed by atoms with Gasteiger partial charge < -0.3 is 9.84 Å². The molecule has 0 saturated heterocycles. The predicted octanol–water partition coefficient (Wildman–Crippen LogP) is 2.30. The number of rotatable bonds is 7. The fourth-order valence-corrected chi connectivity index (χ4v) is 2.99. The van der Waals surface area contributed by atoms with Crippen molar-refractivity contribution in [3.8, 4) is 5.75 Å². The molecule has 0 radical (unpaired) electrons. The lowest BCUT2D eigenvalue weighted by molar-refractivity contribution is 0.00638. The Balaban J connectivity index is 2.93. The molecule has 0 aromatic heterocycles. The van der Waals surface area contributed by atoms with Crippen molar-refractivity contribution >= 4 is 10.0 Å². The minimum atomic E-state index is -3.70. The highest BCUT2D eigenvalue weighted by atomic mass is 32.2. The molecule has 21 heavy (non-hydrogen) atoms. The smallest absolute Gasteiger partial charge is 0.241 e. The van der Waals surface area contributed by atoms with Gasteiger partial charge in [-0.3, -0.25) is 0 Å². The van der Waals surface area contributed by atoms with E-state index in [-0.39, 0.29) is 4.90 Å². The van der Waals surface area contributed by atoms with E-state index in [0.717, 1.165) is 6.42 Å². The van der Waals surface area contributed by atoms with E-state index < -0.39 is 21.2 Å². The van der Waals surface area contributed by atoms with Crippen LogP contribution in [0.5, 0.6) is 5.75 Å². The molecule has 0 aliphatic carbocycles. The number of ether oxygens (including phenoxy) is 1. The Morgan fingerprint density at radius 3 is 2.10 bits per heavy atom. The highest BCUT2D eigenvalue weighted by molar-refractivity contribution is 7.89. The summed E-state index contributed by atoms with van der Waals surface area (Å²) >= 11 is 0. The van der Waals surface area contributed by atoms with Crippen LogP contribution in [0.2, 0.25) is 0 Å². The summed E-state index contributed by atoms with van der Waals surface area (Å²) < 4.78 is 32.7. The minimum absolute atomic E-state index is 0.142. The first-order valence-corrected chi connectivity index (χ1v) is 8.47. The average Bonchev–Trinajstić information content (AvgIpc) is 2.34. The monoisotopic (exact) mass is 315 g/mol. The molecule has 120 valence electrons. The van der Waals surface area contributed by atoms with Gasteiger partial charge in [0, 0.05) is 0 Å². The molecule has 1 aromatic rings. The zero-order valence-corrected chi connectivity index (χ0v) is 14.1. The van der Waals surface area contributed by atoms with Crippen LogP contribution in [0.25, 0.3) is 0 Å². The van der Waals surface area contributed by atoms with E-state index in [4.69, 9.17) is 4.74 Å². The number of nitrogens with one attached hydrogen (secondary N) is 1. The maximum Gasteiger partial charge on any atom is 0.241 e. The van der Waals surface area contributed by atoms with Crippen molar-refractivity contribution in [2.75, 3.05) is 6.61 Å². The lowest BCUT2D eigenvalue weighted by Gasteiger charge is -2.37. The van der Waals surface area contributed by atoms with Gasteiger partial charge in [-0.2, -0.15) is 0 Å². The van der Waals surface area contributed by atoms with Gasteiger partial charge in [-0.25, -0.2) is 13.1 Å². The van der Waals surface area contributed by atoms with E-state index in [1.165, 1.54) is 12.1 Å². The van der Waals surface area contributed by atoms with Crippen molar-refractivity contribution < 1.29 is 18.3 Å². The number of sulfonamides is 1. The van der Waals surface area contributed by atoms with Crippen molar-refractivity contribution in [2.24, 2.45) is 0 Å². The van der Waals surface area contributed by atoms with E-state index in [0.29, 0.717) is 12.4 Å². The first kappa shape index (κ1) is 17.9. The van der Waals surface area contributed by atoms with Gasteiger partial charge in [0.25, 0.3) is 0 Å². The molecule has 0 spiro atoms. The SMILES string of the molecule is CCCOc1ccc(S(=O)(=O)NC(C)(C)C(C)(C)O)cc1. The van der Waals surface area contributed by atoms with Crippen LogP contribution in [0, 0.1) is 0 Å². The van der Waals surface area contributed by atoms with Crippen LogP contribution >= 0.6 is 0 Å². The molecular formula is C15H25NO4S. The van der Waals surface area contributed by atoms with E-state index in [9.17, 15) is 13.5 Å². The normalized spacial score (nSPS) is 13.2. The molecule has 5 nitrogen and oxygen atoms in total. The number of aliphatic hydroxyl groups is 1. The standard InChI is InChI=1S/C15H25NO4S/c1-6-11-20-12-7-9-13(10-8-12)21(18,19)16-14(2,3)15(4,5)17/h7-10,16-17H,6,11H2,1-5H3. The molecule has 2 N–H and O–H groups in total. The van der Waals surface area contributed by atoms with Crippen LogP contribution in [0.15, 0.2) is 29.2 Å². The highest BCUT2D eigenvalue weighted by Crippen LogP contribution is 2.24. The summed E-state index contributed by atoms with van der Waals surface area (Å²) in [5.41, 5.74) is -2.19. The zero-order valence-electron chi connectivity index (χ0n) is 13.3. The van der Waals surface area contributed by atoms with Crippen molar-refractivity contribution in [2.45, 2.75) is 57.1 Å². The van der Waals surface area contributed by atoms with Gasteiger partial charge in [-0.1, -0.05) is 6.92 Å². The first-order chi connectivity index (χ1) is 9.49. The summed E-state index contributed by atoms with van der Waals surface area (Å²) in [5, 5.41) is 10.0. The molecule has 0 fully saturated rings. The molecule has 1 aromatic carbocycles. The molecule has 0 bridgehead atoms. The quantitative estimate of drug-likeness (QED) is 0.809. The molecule has 0 aliphatic heterocycles. The Morgan fingerprint density at radius 1 is 1.14 bits per heavy atom. The molecular weight excluding hydrogens is 290 g/mol. The largest absolute Gasteiger partial charge is 0.494 e. The second-order valence-corrected chi connectivity index (χ2v) is 7.79. The Kier molecular flexibility index (Phi) is 5.41. The Bertz CT molecular complexity index is 556. The fourth-order valence-electron chi connectivity index (χ4n) is 1.45. The third-order valence-electron chi connectivity index (χ3n) is 3.53. The molecule has 0 heterocycles. The molecule has 0 atom stereocenters. The average molecular weight is 315 g/mol. The van der Waals surface area contributed by atoms with Gasteiger partial charge in [0.05, 0.1) is 22.6 Å². The summed E-state index contributed by atoms with van der Waals surface area (Å²) in [4.78, 5) is 0.142. The van der Waals surface area contributed by atoms with Crippen molar-refractivity contribution in [3.05, 3.63) is 24.3 Å². The second-order valence-electron chi connectivity index (χ2n) is 6.11. The topological polar surface area (TPSA) is 75.6 Å². The Hall–Kier alpha value is -1.11. The lowest BCUT2D eigenvalue weighted by Crippen LogP contribution is -2.57. The van der Waals surface area contributed by atoms with Crippen LogP contribution in [0.4, 0.5) is 0 Å². The lowest BCUT2D eigenvalue weighted by atomic mass is 9.87. The number of hydrogen-bond donors (Lipinski definition) is 2. The third kappa shape index (κ3) is 4.69. The van der Waals surface area contributed by atoms with Crippen molar-refractivity contribution in [1.82, 2.24) is 4.72 Å². The zero-order chi connectivity index (χ0) is 16.3. The van der Waals surface area contributed by atoms with Gasteiger partial charge in [0.1, 0.15) is 5.75 Å². The Labute approximate surface area is 127 Å². The van der Waals surface area contributed by atoms with Crippen LogP contribution in [0.1, 0.15) is 41.0 Å². The van der Waals surface area contributed by atoms with Gasteiger partial charge in [0.15, 0.2) is 0 Å². The Morgan fingerprint density at radius 2 is 1.67 bits per heavy atom. The molecule has 0 saturated carbocycles. The van der Waals surface area contributed by atoms with Crippen molar-refractivity contribution in [1.29, 1.82) is 0 Å². The van der Waals surface area contributed by atoms with E-state index in [1.54, 1.807) is 39.8 Å². The molecule has 0 amide bonds. The van der Waals surface area contributed by atoms with Gasteiger partial charge >= 0.3 is 0 Å². The molecule has 1 rings (SSSR count). The van der Waals surface area contributed by atoms with Gasteiger partial charge in [0.2, 0.25) is 10.0 Å². The van der Waals surface area contributed by atoms with Crippen LogP contribution in [-0.4, -0.2) is 31.3 Å². The second kappa shape index (κ2) is 6.34. The summed E-state index contributed by atoms with van der Waals surface area (Å²) in [5.74, 6) is 0.637. The summed E-state index contributed by atoms with van der Waals surface area (Å²) in [7, 11) is -3.70. The van der Waals surface area contributed by atoms with Gasteiger partial charge in [-0.05, 0) is 58.4 Å². The van der Waals surface area contributed by atoms with E-state index >= 15 is 0 Å². The summed E-state index contributed by atoms with van der Waals surface area (Å²) in [6.45, 7) is 9.01. The third-order valence-corrected chi connectivity index (χ3v) is 5.20. The fraction of sp³-hybridized carbons (Fsp3) is 0.600. The highest BCUT2D eigenvalue weighted by Gasteiger charge is 2.38. The summed E-state index contributed by atoms with van der Waals surface area (Å²) in [6.07, 6.45) is 0.890. The van der Waals surface area contributed by atoms with Crippen LogP contribution < -0.4 is 9.46 Å². The maximum absolute atomic E-state index is 12.4. The molecule has 0 unspecified atom stereocenters. The van der Waals surface area contributed by atoms with Crippen LogP contribution in [0.3, 0.4) is 0 Å². The van der Waals surface area contributed by atoms with Gasteiger partial charge in [-0.15, -0.1) is 0 Å². The molecule has 0 aliphatic rings. The summed E-state index contributed by atoms with van der Waals surface area (Å²) in [6, 6.07) is 6.24. The maximum atomic E-state index is 12.4. The number of hydrogen-bond acceptors (Lipinski definition) is 4. The minimum Gasteiger partial charge on any atom is -0.494 e. The van der Waals surface area contributed by atoms with E-state index in [1.807, 2.05) is 6.92 Å². The van der Waals surface area contributed by atoms with Crippen LogP contribution in [-0.2, 0) is 10.0 Å².